The van der Waals surface area contributed by atoms with Crippen LogP contribution in [0.15, 0.2) is 119 Å². The van der Waals surface area contributed by atoms with Gasteiger partial charge in [0.1, 0.15) is 12.6 Å². The van der Waals surface area contributed by atoms with E-state index in [1.807, 2.05) is 61.5 Å². The molecule has 0 spiro atoms. The summed E-state index contributed by atoms with van der Waals surface area (Å²) in [6.07, 6.45) is 0.884. The maximum Gasteiger partial charge on any atom is 0.269 e. The highest BCUT2D eigenvalue weighted by Crippen LogP contribution is 2.27. The van der Waals surface area contributed by atoms with Crippen LogP contribution in [0, 0.1) is 10.1 Å². The Morgan fingerprint density at radius 1 is 0.867 bits per heavy atom. The zero-order valence-electron chi connectivity index (χ0n) is 24.6. The van der Waals surface area contributed by atoms with Crippen molar-refractivity contribution in [1.29, 1.82) is 0 Å². The van der Waals surface area contributed by atoms with E-state index in [4.69, 9.17) is 0 Å². The van der Waals surface area contributed by atoms with E-state index < -0.39 is 33.4 Å². The van der Waals surface area contributed by atoms with Crippen LogP contribution in [-0.4, -0.2) is 49.2 Å². The molecule has 0 aliphatic carbocycles. The van der Waals surface area contributed by atoms with Crippen molar-refractivity contribution in [1.82, 2.24) is 10.2 Å². The van der Waals surface area contributed by atoms with Gasteiger partial charge in [0.2, 0.25) is 11.8 Å². The van der Waals surface area contributed by atoms with Gasteiger partial charge in [0, 0.05) is 36.1 Å². The van der Waals surface area contributed by atoms with Crippen molar-refractivity contribution in [2.75, 3.05) is 17.4 Å². The molecule has 1 atom stereocenters. The number of benzene rings is 4. The highest BCUT2D eigenvalue weighted by Gasteiger charge is 2.34. The third-order valence-electron chi connectivity index (χ3n) is 7.05. The van der Waals surface area contributed by atoms with Crippen LogP contribution < -0.4 is 9.62 Å². The second-order valence-electron chi connectivity index (χ2n) is 10.2. The molecule has 234 valence electrons. The number of halogens is 1. The van der Waals surface area contributed by atoms with Gasteiger partial charge < -0.3 is 10.2 Å². The van der Waals surface area contributed by atoms with E-state index in [1.165, 1.54) is 41.3 Å². The predicted octanol–water partition coefficient (Wildman–Crippen LogP) is 5.72. The fourth-order valence-corrected chi connectivity index (χ4v) is 6.40. The van der Waals surface area contributed by atoms with E-state index in [1.54, 1.807) is 18.2 Å². The van der Waals surface area contributed by atoms with Crippen LogP contribution in [0.25, 0.3) is 0 Å². The van der Waals surface area contributed by atoms with Crippen molar-refractivity contribution in [3.8, 4) is 0 Å². The predicted molar refractivity (Wildman–Crippen MR) is 176 cm³/mol. The lowest BCUT2D eigenvalue weighted by atomic mass is 10.0. The van der Waals surface area contributed by atoms with Gasteiger partial charge >= 0.3 is 0 Å². The number of nitro groups is 1. The number of nitro benzene ring substituents is 1. The van der Waals surface area contributed by atoms with E-state index in [9.17, 15) is 28.1 Å². The molecule has 2 amide bonds. The first-order chi connectivity index (χ1) is 21.6. The molecule has 0 aliphatic heterocycles. The third-order valence-corrected chi connectivity index (χ3v) is 9.36. The molecule has 4 aromatic rings. The SMILES string of the molecule is CCCNC(=O)[C@@H](Cc1ccccc1)N(Cc1ccc(Br)cc1)C(=O)CN(c1ccc([N+](=O)[O-])cc1)S(=O)(=O)c1ccccc1. The molecule has 0 bridgehead atoms. The Morgan fingerprint density at radius 3 is 2.04 bits per heavy atom. The number of amides is 2. The van der Waals surface area contributed by atoms with E-state index in [-0.39, 0.29) is 35.1 Å². The summed E-state index contributed by atoms with van der Waals surface area (Å²) in [4.78, 5) is 40.1. The highest BCUT2D eigenvalue weighted by atomic mass is 79.9. The Labute approximate surface area is 271 Å². The first kappa shape index (κ1) is 33.3. The van der Waals surface area contributed by atoms with Gasteiger partial charge in [-0.2, -0.15) is 0 Å². The lowest BCUT2D eigenvalue weighted by molar-refractivity contribution is -0.384. The van der Waals surface area contributed by atoms with Crippen LogP contribution in [0.1, 0.15) is 24.5 Å². The van der Waals surface area contributed by atoms with Gasteiger partial charge in [0.15, 0.2) is 0 Å². The summed E-state index contributed by atoms with van der Waals surface area (Å²) in [5, 5.41) is 14.2. The normalized spacial score (nSPS) is 11.8. The lowest BCUT2D eigenvalue weighted by Crippen LogP contribution is -2.53. The van der Waals surface area contributed by atoms with Crippen LogP contribution in [0.5, 0.6) is 0 Å². The largest absolute Gasteiger partial charge is 0.354 e. The van der Waals surface area contributed by atoms with Crippen molar-refractivity contribution in [2.45, 2.75) is 37.2 Å². The average molecular weight is 694 g/mol. The Bertz CT molecular complexity index is 1700. The number of non-ortho nitro benzene ring substituents is 1. The van der Waals surface area contributed by atoms with Gasteiger partial charge in [-0.15, -0.1) is 0 Å². The molecule has 1 N–H and O–H groups in total. The molecule has 0 aliphatic rings. The molecule has 10 nitrogen and oxygen atoms in total. The van der Waals surface area contributed by atoms with Crippen molar-refractivity contribution in [2.24, 2.45) is 0 Å². The molecule has 0 radical (unpaired) electrons. The van der Waals surface area contributed by atoms with E-state index in [0.717, 1.165) is 19.9 Å². The second-order valence-corrected chi connectivity index (χ2v) is 13.0. The Balaban J connectivity index is 1.79. The quantitative estimate of drug-likeness (QED) is 0.133. The monoisotopic (exact) mass is 692 g/mol. The molecular weight excluding hydrogens is 660 g/mol. The maximum atomic E-state index is 14.4. The Hall–Kier alpha value is -4.55. The summed E-state index contributed by atoms with van der Waals surface area (Å²) >= 11 is 3.42. The number of hydrogen-bond acceptors (Lipinski definition) is 6. The molecule has 0 saturated carbocycles. The van der Waals surface area contributed by atoms with Crippen LogP contribution in [0.3, 0.4) is 0 Å². The topological polar surface area (TPSA) is 130 Å². The van der Waals surface area contributed by atoms with E-state index >= 15 is 0 Å². The van der Waals surface area contributed by atoms with Crippen LogP contribution in [0.4, 0.5) is 11.4 Å². The summed E-state index contributed by atoms with van der Waals surface area (Å²) < 4.78 is 29.7. The number of nitrogens with one attached hydrogen (secondary N) is 1. The van der Waals surface area contributed by atoms with Gasteiger partial charge in [-0.3, -0.25) is 24.0 Å². The number of nitrogens with zero attached hydrogens (tertiary/aromatic N) is 3. The minimum absolute atomic E-state index is 0.0304. The van der Waals surface area contributed by atoms with Gasteiger partial charge in [0.25, 0.3) is 15.7 Å². The minimum atomic E-state index is -4.30. The fraction of sp³-hybridized carbons (Fsp3) is 0.212. The van der Waals surface area contributed by atoms with Gasteiger partial charge in [-0.1, -0.05) is 83.5 Å². The molecule has 0 aromatic heterocycles. The van der Waals surface area contributed by atoms with Crippen molar-refractivity contribution < 1.29 is 22.9 Å². The van der Waals surface area contributed by atoms with Gasteiger partial charge in [-0.05, 0) is 53.9 Å². The number of sulfonamides is 1. The molecule has 0 unspecified atom stereocenters. The molecule has 45 heavy (non-hydrogen) atoms. The molecular formula is C33H33BrN4O6S. The van der Waals surface area contributed by atoms with E-state index in [2.05, 4.69) is 21.2 Å². The van der Waals surface area contributed by atoms with E-state index in [0.29, 0.717) is 13.0 Å². The Kier molecular flexibility index (Phi) is 11.4. The second kappa shape index (κ2) is 15.4. The van der Waals surface area contributed by atoms with Crippen molar-refractivity contribution >= 4 is 49.1 Å². The molecule has 4 aromatic carbocycles. The van der Waals surface area contributed by atoms with Crippen molar-refractivity contribution in [3.05, 3.63) is 135 Å². The number of hydrogen-bond donors (Lipinski definition) is 1. The number of anilines is 1. The first-order valence-electron chi connectivity index (χ1n) is 14.3. The lowest BCUT2D eigenvalue weighted by Gasteiger charge is -2.34. The molecule has 0 saturated heterocycles. The molecule has 0 fully saturated rings. The summed E-state index contributed by atoms with van der Waals surface area (Å²) in [5.74, 6) is -0.984. The summed E-state index contributed by atoms with van der Waals surface area (Å²) in [6, 6.07) is 28.2. The highest BCUT2D eigenvalue weighted by molar-refractivity contribution is 9.10. The smallest absolute Gasteiger partial charge is 0.269 e. The molecule has 0 heterocycles. The zero-order chi connectivity index (χ0) is 32.4. The minimum Gasteiger partial charge on any atom is -0.354 e. The molecule has 4 rings (SSSR count). The number of carbonyl (C=O) groups is 2. The van der Waals surface area contributed by atoms with Gasteiger partial charge in [0.05, 0.1) is 15.5 Å². The standard InChI is InChI=1S/C33H33BrN4O6S/c1-2-21-35-33(40)31(22-25-9-5-3-6-10-25)36(23-26-13-15-27(34)16-14-26)32(39)24-37(28-17-19-29(20-18-28)38(41)42)45(43,44)30-11-7-4-8-12-30/h3-20,31H,2,21-24H2,1H3,(H,35,40)/t31-/m1/s1. The number of rotatable bonds is 14. The van der Waals surface area contributed by atoms with Crippen LogP contribution >= 0.6 is 15.9 Å². The average Bonchev–Trinajstić information content (AvgIpc) is 3.05. The molecule has 12 heteroatoms. The maximum absolute atomic E-state index is 14.4. The first-order valence-corrected chi connectivity index (χ1v) is 16.5. The fourth-order valence-electron chi connectivity index (χ4n) is 4.70. The zero-order valence-corrected chi connectivity index (χ0v) is 27.0. The Morgan fingerprint density at radius 2 is 1.47 bits per heavy atom. The van der Waals surface area contributed by atoms with Crippen molar-refractivity contribution in [3.63, 3.8) is 0 Å². The van der Waals surface area contributed by atoms with Crippen LogP contribution in [0.2, 0.25) is 0 Å². The summed E-state index contributed by atoms with van der Waals surface area (Å²) in [5.41, 5.74) is 1.40. The third kappa shape index (κ3) is 8.77. The van der Waals surface area contributed by atoms with Crippen LogP contribution in [-0.2, 0) is 32.6 Å². The number of carbonyl (C=O) groups excluding carboxylic acids is 2. The summed E-state index contributed by atoms with van der Waals surface area (Å²) in [6.45, 7) is 1.70. The summed E-state index contributed by atoms with van der Waals surface area (Å²) in [7, 11) is -4.30. The van der Waals surface area contributed by atoms with Gasteiger partial charge in [-0.25, -0.2) is 8.42 Å².